The van der Waals surface area contributed by atoms with E-state index in [0.717, 1.165) is 41.8 Å². The first-order chi connectivity index (χ1) is 15.6. The van der Waals surface area contributed by atoms with E-state index in [1.54, 1.807) is 21.8 Å². The van der Waals surface area contributed by atoms with Gasteiger partial charge in [0.15, 0.2) is 0 Å². The molecule has 164 valence electrons. The Morgan fingerprint density at radius 2 is 2.06 bits per heavy atom. The number of benzene rings is 1. The lowest BCUT2D eigenvalue weighted by Crippen LogP contribution is -2.38. The molecule has 1 amide bonds. The highest BCUT2D eigenvalue weighted by molar-refractivity contribution is 5.92. The number of hydrogen-bond acceptors (Lipinski definition) is 6. The summed E-state index contributed by atoms with van der Waals surface area (Å²) in [6.07, 6.45) is 7.05. The predicted octanol–water partition coefficient (Wildman–Crippen LogP) is 4.33. The molecular formula is C24H25N5O3. The van der Waals surface area contributed by atoms with E-state index in [9.17, 15) is 4.79 Å². The van der Waals surface area contributed by atoms with Gasteiger partial charge in [-0.2, -0.15) is 5.10 Å². The van der Waals surface area contributed by atoms with E-state index in [1.165, 1.54) is 0 Å². The Hall–Kier alpha value is -3.68. The molecule has 8 nitrogen and oxygen atoms in total. The molecule has 5 rings (SSSR count). The van der Waals surface area contributed by atoms with Crippen LogP contribution >= 0.6 is 0 Å². The van der Waals surface area contributed by atoms with E-state index in [1.807, 2.05) is 38.4 Å². The number of oxazole rings is 1. The predicted molar refractivity (Wildman–Crippen MR) is 117 cm³/mol. The van der Waals surface area contributed by atoms with Crippen molar-refractivity contribution in [1.29, 1.82) is 0 Å². The molecule has 0 bridgehead atoms. The maximum absolute atomic E-state index is 13.3. The fourth-order valence-electron chi connectivity index (χ4n) is 4.28. The highest BCUT2D eigenvalue weighted by atomic mass is 16.5. The molecule has 4 heterocycles. The van der Waals surface area contributed by atoms with Gasteiger partial charge in [0, 0.05) is 37.8 Å². The summed E-state index contributed by atoms with van der Waals surface area (Å²) in [6.45, 7) is 2.53. The number of rotatable bonds is 5. The lowest BCUT2D eigenvalue weighted by molar-refractivity contribution is 0.0528. The number of piperidine rings is 1. The number of carbonyl (C=O) groups is 1. The fraction of sp³-hybridized carbons (Fsp3) is 0.333. The van der Waals surface area contributed by atoms with Gasteiger partial charge < -0.3 is 13.8 Å². The van der Waals surface area contributed by atoms with Crippen LogP contribution in [0.15, 0.2) is 57.7 Å². The molecule has 3 aromatic heterocycles. The quantitative estimate of drug-likeness (QED) is 0.467. The van der Waals surface area contributed by atoms with E-state index in [-0.39, 0.29) is 17.7 Å². The summed E-state index contributed by atoms with van der Waals surface area (Å²) in [6, 6.07) is 11.6. The lowest BCUT2D eigenvalue weighted by atomic mass is 10.0. The van der Waals surface area contributed by atoms with Gasteiger partial charge in [0.25, 0.3) is 5.91 Å². The van der Waals surface area contributed by atoms with Crippen molar-refractivity contribution >= 4 is 5.91 Å². The second-order valence-corrected chi connectivity index (χ2v) is 8.22. The van der Waals surface area contributed by atoms with E-state index in [2.05, 4.69) is 27.4 Å². The van der Waals surface area contributed by atoms with Crippen LogP contribution in [0.4, 0.5) is 0 Å². The highest BCUT2D eigenvalue weighted by Gasteiger charge is 2.34. The van der Waals surface area contributed by atoms with Gasteiger partial charge in [0.1, 0.15) is 17.5 Å². The van der Waals surface area contributed by atoms with Crippen molar-refractivity contribution < 1.29 is 13.7 Å². The Morgan fingerprint density at radius 3 is 2.84 bits per heavy atom. The zero-order valence-corrected chi connectivity index (χ0v) is 18.2. The average Bonchev–Trinajstić information content (AvgIpc) is 3.54. The van der Waals surface area contributed by atoms with Gasteiger partial charge in [-0.05, 0) is 31.7 Å². The molecule has 0 N–H and O–H groups in total. The summed E-state index contributed by atoms with van der Waals surface area (Å²) in [7, 11) is 1.85. The third-order valence-corrected chi connectivity index (χ3v) is 5.85. The van der Waals surface area contributed by atoms with Crippen LogP contribution in [-0.4, -0.2) is 37.3 Å². The van der Waals surface area contributed by atoms with Gasteiger partial charge in [-0.3, -0.25) is 9.48 Å². The second kappa shape index (κ2) is 8.45. The molecule has 8 heteroatoms. The minimum Gasteiger partial charge on any atom is -0.443 e. The molecule has 1 fully saturated rings. The first kappa shape index (κ1) is 20.2. The van der Waals surface area contributed by atoms with E-state index >= 15 is 0 Å². The molecule has 1 aromatic carbocycles. The topological polar surface area (TPSA) is 90.2 Å². The summed E-state index contributed by atoms with van der Waals surface area (Å²) in [5, 5.41) is 8.44. The molecule has 0 saturated carbocycles. The minimum atomic E-state index is -0.213. The summed E-state index contributed by atoms with van der Waals surface area (Å²) < 4.78 is 13.2. The number of carbonyl (C=O) groups excluding carboxylic acids is 1. The van der Waals surface area contributed by atoms with Crippen LogP contribution < -0.4 is 0 Å². The maximum atomic E-state index is 13.3. The van der Waals surface area contributed by atoms with Crippen LogP contribution in [-0.2, 0) is 13.5 Å². The fourth-order valence-corrected chi connectivity index (χ4v) is 4.28. The van der Waals surface area contributed by atoms with Crippen LogP contribution in [0.5, 0.6) is 0 Å². The number of nitrogens with zero attached hydrogens (tertiary/aromatic N) is 5. The summed E-state index contributed by atoms with van der Waals surface area (Å²) in [5.74, 6) is 1.38. The lowest BCUT2D eigenvalue weighted by Gasteiger charge is -2.32. The normalized spacial score (nSPS) is 16.4. The SMILES string of the molecule is Cc1nn(C)cc1-c1cc(C(=O)N2CCCC[C@@H]2c2ncc(Cc3ccccc3)o2)on1. The smallest absolute Gasteiger partial charge is 0.293 e. The van der Waals surface area contributed by atoms with Gasteiger partial charge in [-0.25, -0.2) is 4.98 Å². The summed E-state index contributed by atoms with van der Waals surface area (Å²) >= 11 is 0. The Kier molecular flexibility index (Phi) is 5.34. The number of aryl methyl sites for hydroxylation is 2. The van der Waals surface area contributed by atoms with Crippen molar-refractivity contribution in [2.45, 2.75) is 38.6 Å². The van der Waals surface area contributed by atoms with Crippen LogP contribution in [0.2, 0.25) is 0 Å². The zero-order chi connectivity index (χ0) is 22.1. The van der Waals surface area contributed by atoms with Gasteiger partial charge in [0.2, 0.25) is 11.7 Å². The highest BCUT2D eigenvalue weighted by Crippen LogP contribution is 2.33. The van der Waals surface area contributed by atoms with Crippen LogP contribution in [0.1, 0.15) is 58.8 Å². The molecule has 4 aromatic rings. The molecule has 0 spiro atoms. The van der Waals surface area contributed by atoms with Gasteiger partial charge in [-0.15, -0.1) is 0 Å². The van der Waals surface area contributed by atoms with E-state index in [4.69, 9.17) is 8.94 Å². The minimum absolute atomic E-state index is 0.196. The third kappa shape index (κ3) is 3.95. The Balaban J connectivity index is 1.36. The Bertz CT molecular complexity index is 1220. The molecule has 1 saturated heterocycles. The molecule has 0 aliphatic carbocycles. The molecule has 1 aliphatic rings. The summed E-state index contributed by atoms with van der Waals surface area (Å²) in [4.78, 5) is 19.6. The van der Waals surface area contributed by atoms with E-state index < -0.39 is 0 Å². The van der Waals surface area contributed by atoms with Crippen molar-refractivity contribution in [3.8, 4) is 11.3 Å². The second-order valence-electron chi connectivity index (χ2n) is 8.22. The molecule has 0 radical (unpaired) electrons. The average molecular weight is 431 g/mol. The Labute approximate surface area is 185 Å². The van der Waals surface area contributed by atoms with Gasteiger partial charge in [-0.1, -0.05) is 35.5 Å². The zero-order valence-electron chi connectivity index (χ0n) is 18.2. The molecule has 1 aliphatic heterocycles. The van der Waals surface area contributed by atoms with Crippen LogP contribution in [0.3, 0.4) is 0 Å². The van der Waals surface area contributed by atoms with Crippen molar-refractivity contribution in [3.05, 3.63) is 77.5 Å². The van der Waals surface area contributed by atoms with Crippen molar-refractivity contribution in [2.24, 2.45) is 7.05 Å². The molecular weight excluding hydrogens is 406 g/mol. The Morgan fingerprint density at radius 1 is 1.22 bits per heavy atom. The standard InChI is InChI=1S/C24H25N5O3/c1-16-19(15-28(2)26-16)20-13-22(32-27-20)24(30)29-11-7-6-10-21(29)23-25-14-18(31-23)12-17-8-4-3-5-9-17/h3-5,8-9,13-15,21H,6-7,10-12H2,1-2H3/t21-/m1/s1. The molecule has 0 unspecified atom stereocenters. The first-order valence-corrected chi connectivity index (χ1v) is 10.9. The summed E-state index contributed by atoms with van der Waals surface area (Å²) in [5.41, 5.74) is 3.45. The van der Waals surface area contributed by atoms with Crippen molar-refractivity contribution in [1.82, 2.24) is 24.8 Å². The number of likely N-dealkylation sites (tertiary alicyclic amines) is 1. The van der Waals surface area contributed by atoms with Crippen LogP contribution in [0, 0.1) is 6.92 Å². The third-order valence-electron chi connectivity index (χ3n) is 5.85. The molecule has 32 heavy (non-hydrogen) atoms. The van der Waals surface area contributed by atoms with Gasteiger partial charge in [0.05, 0.1) is 11.9 Å². The largest absolute Gasteiger partial charge is 0.443 e. The van der Waals surface area contributed by atoms with E-state index in [0.29, 0.717) is 24.6 Å². The number of aromatic nitrogens is 4. The molecule has 1 atom stereocenters. The number of hydrogen-bond donors (Lipinski definition) is 0. The van der Waals surface area contributed by atoms with Crippen LogP contribution in [0.25, 0.3) is 11.3 Å². The number of amides is 1. The first-order valence-electron chi connectivity index (χ1n) is 10.9. The monoisotopic (exact) mass is 431 g/mol. The van der Waals surface area contributed by atoms with Crippen molar-refractivity contribution in [2.75, 3.05) is 6.54 Å². The van der Waals surface area contributed by atoms with Crippen molar-refractivity contribution in [3.63, 3.8) is 0 Å². The van der Waals surface area contributed by atoms with Gasteiger partial charge >= 0.3 is 0 Å². The maximum Gasteiger partial charge on any atom is 0.293 e.